The first kappa shape index (κ1) is 21.2. The molecule has 0 spiro atoms. The molecule has 4 rings (SSSR count). The molecule has 0 bridgehead atoms. The third kappa shape index (κ3) is 4.65. The summed E-state index contributed by atoms with van der Waals surface area (Å²) in [6, 6.07) is 15.9. The molecule has 0 amide bonds. The number of nitrogens with one attached hydrogen (secondary N) is 1. The highest BCUT2D eigenvalue weighted by Gasteiger charge is 2.18. The normalized spacial score (nSPS) is 11.2. The van der Waals surface area contributed by atoms with E-state index in [1.807, 2.05) is 0 Å². The second-order valence-corrected chi connectivity index (χ2v) is 8.39. The summed E-state index contributed by atoms with van der Waals surface area (Å²) in [5.41, 5.74) is 2.06. The van der Waals surface area contributed by atoms with E-state index in [0.717, 1.165) is 5.56 Å². The number of nitrogens with zero attached hydrogens (tertiary/aromatic N) is 3. The van der Waals surface area contributed by atoms with Crippen LogP contribution in [0.25, 0.3) is 11.4 Å². The summed E-state index contributed by atoms with van der Waals surface area (Å²) in [6.45, 7) is 0. The topological polar surface area (TPSA) is 124 Å². The van der Waals surface area contributed by atoms with Gasteiger partial charge in [-0.15, -0.1) is 0 Å². The van der Waals surface area contributed by atoms with Crippen molar-refractivity contribution in [3.05, 3.63) is 90.1 Å². The van der Waals surface area contributed by atoms with Crippen LogP contribution in [0.2, 0.25) is 0 Å². The highest BCUT2D eigenvalue weighted by Crippen LogP contribution is 2.23. The number of para-hydroxylation sites is 1. The number of benzene rings is 2. The fourth-order valence-corrected chi connectivity index (χ4v) is 4.07. The lowest BCUT2D eigenvalue weighted by Crippen LogP contribution is -2.14. The predicted molar refractivity (Wildman–Crippen MR) is 115 cm³/mol. The minimum atomic E-state index is -3.89. The van der Waals surface area contributed by atoms with Crippen LogP contribution >= 0.6 is 0 Å². The standard InChI is InChI=1S/C22H18N4O5S/c1-30-22(27)16-6-8-18(9-7-16)32(28,29)26-19-5-3-2-4-17(19)14-20-24-21(25-31-20)15-10-12-23-13-11-15/h2-13,26H,14H2,1H3. The van der Waals surface area contributed by atoms with Gasteiger partial charge < -0.3 is 9.26 Å². The zero-order valence-electron chi connectivity index (χ0n) is 16.9. The highest BCUT2D eigenvalue weighted by molar-refractivity contribution is 7.92. The molecule has 10 heteroatoms. The Morgan fingerprint density at radius 3 is 2.47 bits per heavy atom. The Kier molecular flexibility index (Phi) is 5.95. The van der Waals surface area contributed by atoms with Crippen molar-refractivity contribution in [1.82, 2.24) is 15.1 Å². The summed E-state index contributed by atoms with van der Waals surface area (Å²) in [7, 11) is -2.63. The zero-order valence-corrected chi connectivity index (χ0v) is 17.7. The third-order valence-corrected chi connectivity index (χ3v) is 5.98. The fourth-order valence-electron chi connectivity index (χ4n) is 2.97. The number of esters is 1. The van der Waals surface area contributed by atoms with Crippen molar-refractivity contribution in [3.63, 3.8) is 0 Å². The average molecular weight is 450 g/mol. The Hall–Kier alpha value is -4.05. The average Bonchev–Trinajstić information content (AvgIpc) is 3.29. The Balaban J connectivity index is 1.55. The van der Waals surface area contributed by atoms with E-state index in [1.165, 1.54) is 31.4 Å². The summed E-state index contributed by atoms with van der Waals surface area (Å²) in [5.74, 6) is 0.218. The van der Waals surface area contributed by atoms with Gasteiger partial charge in [0, 0.05) is 18.0 Å². The molecule has 32 heavy (non-hydrogen) atoms. The maximum absolute atomic E-state index is 12.9. The van der Waals surface area contributed by atoms with Crippen molar-refractivity contribution in [2.45, 2.75) is 11.3 Å². The highest BCUT2D eigenvalue weighted by atomic mass is 32.2. The molecule has 2 aromatic carbocycles. The molecule has 162 valence electrons. The number of methoxy groups -OCH3 is 1. The lowest BCUT2D eigenvalue weighted by Gasteiger charge is -2.12. The van der Waals surface area contributed by atoms with Gasteiger partial charge in [0.25, 0.3) is 10.0 Å². The number of sulfonamides is 1. The maximum atomic E-state index is 12.9. The van der Waals surface area contributed by atoms with Gasteiger partial charge in [-0.1, -0.05) is 23.4 Å². The van der Waals surface area contributed by atoms with Gasteiger partial charge in [0.2, 0.25) is 11.7 Å². The van der Waals surface area contributed by atoms with Crippen molar-refractivity contribution in [3.8, 4) is 11.4 Å². The molecule has 2 aromatic heterocycles. The van der Waals surface area contributed by atoms with Crippen LogP contribution in [0.4, 0.5) is 5.69 Å². The molecule has 0 radical (unpaired) electrons. The first-order valence-corrected chi connectivity index (χ1v) is 11.0. The van der Waals surface area contributed by atoms with E-state index in [-0.39, 0.29) is 16.9 Å². The van der Waals surface area contributed by atoms with Gasteiger partial charge >= 0.3 is 5.97 Å². The molecule has 0 unspecified atom stereocenters. The predicted octanol–water partition coefficient (Wildman–Crippen LogP) is 3.31. The summed E-state index contributed by atoms with van der Waals surface area (Å²) in [5, 5.41) is 3.97. The lowest BCUT2D eigenvalue weighted by atomic mass is 10.1. The lowest BCUT2D eigenvalue weighted by molar-refractivity contribution is 0.0600. The van der Waals surface area contributed by atoms with Gasteiger partial charge in [0.15, 0.2) is 0 Å². The van der Waals surface area contributed by atoms with Crippen LogP contribution in [0.15, 0.2) is 82.5 Å². The Morgan fingerprint density at radius 2 is 1.75 bits per heavy atom. The molecule has 0 fully saturated rings. The Labute approximate surface area is 184 Å². The quantitative estimate of drug-likeness (QED) is 0.425. The first-order valence-electron chi connectivity index (χ1n) is 9.48. The van der Waals surface area contributed by atoms with E-state index in [2.05, 4.69) is 24.6 Å². The largest absolute Gasteiger partial charge is 0.465 e. The first-order chi connectivity index (χ1) is 15.5. The number of anilines is 1. The van der Waals surface area contributed by atoms with Gasteiger partial charge in [-0.05, 0) is 48.0 Å². The summed E-state index contributed by atoms with van der Waals surface area (Å²) >= 11 is 0. The van der Waals surface area contributed by atoms with Crippen molar-refractivity contribution in [2.75, 3.05) is 11.8 Å². The van der Waals surface area contributed by atoms with Crippen LogP contribution in [0.5, 0.6) is 0 Å². The van der Waals surface area contributed by atoms with Crippen molar-refractivity contribution in [1.29, 1.82) is 0 Å². The molecule has 2 heterocycles. The minimum Gasteiger partial charge on any atom is -0.465 e. The Morgan fingerprint density at radius 1 is 1.03 bits per heavy atom. The summed E-state index contributed by atoms with van der Waals surface area (Å²) in [6.07, 6.45) is 3.50. The van der Waals surface area contributed by atoms with Gasteiger partial charge in [0.1, 0.15) is 0 Å². The number of aromatic nitrogens is 3. The molecule has 0 saturated heterocycles. The number of rotatable bonds is 7. The van der Waals surface area contributed by atoms with E-state index < -0.39 is 16.0 Å². The van der Waals surface area contributed by atoms with Gasteiger partial charge in [-0.25, -0.2) is 13.2 Å². The Bertz CT molecular complexity index is 1340. The van der Waals surface area contributed by atoms with Gasteiger partial charge in [-0.3, -0.25) is 9.71 Å². The van der Waals surface area contributed by atoms with E-state index >= 15 is 0 Å². The molecule has 4 aromatic rings. The second-order valence-electron chi connectivity index (χ2n) is 6.70. The molecule has 0 atom stereocenters. The number of ether oxygens (including phenoxy) is 1. The van der Waals surface area contributed by atoms with E-state index in [9.17, 15) is 13.2 Å². The van der Waals surface area contributed by atoms with E-state index in [4.69, 9.17) is 4.52 Å². The molecule has 0 saturated carbocycles. The number of carbonyl (C=O) groups excluding carboxylic acids is 1. The molecule has 0 aliphatic rings. The molecule has 9 nitrogen and oxygen atoms in total. The van der Waals surface area contributed by atoms with Gasteiger partial charge in [0.05, 0.1) is 29.7 Å². The summed E-state index contributed by atoms with van der Waals surface area (Å²) < 4.78 is 38.3. The van der Waals surface area contributed by atoms with Crippen LogP contribution in [0.3, 0.4) is 0 Å². The minimum absolute atomic E-state index is 0.0118. The third-order valence-electron chi connectivity index (χ3n) is 4.60. The van der Waals surface area contributed by atoms with E-state index in [0.29, 0.717) is 23.0 Å². The van der Waals surface area contributed by atoms with Crippen LogP contribution in [0, 0.1) is 0 Å². The smallest absolute Gasteiger partial charge is 0.337 e. The molecule has 0 aliphatic carbocycles. The molecular weight excluding hydrogens is 432 g/mol. The number of hydrogen-bond acceptors (Lipinski definition) is 8. The number of carbonyl (C=O) groups is 1. The summed E-state index contributed by atoms with van der Waals surface area (Å²) in [4.78, 5) is 19.9. The van der Waals surface area contributed by atoms with E-state index in [1.54, 1.807) is 48.8 Å². The van der Waals surface area contributed by atoms with Crippen LogP contribution in [-0.4, -0.2) is 36.6 Å². The van der Waals surface area contributed by atoms with Crippen molar-refractivity contribution in [2.24, 2.45) is 0 Å². The molecular formula is C22H18N4O5S. The van der Waals surface area contributed by atoms with Crippen LogP contribution in [-0.2, 0) is 21.2 Å². The van der Waals surface area contributed by atoms with Crippen molar-refractivity contribution < 1.29 is 22.5 Å². The number of pyridine rings is 1. The SMILES string of the molecule is COC(=O)c1ccc(S(=O)(=O)Nc2ccccc2Cc2nc(-c3ccncc3)no2)cc1. The maximum Gasteiger partial charge on any atom is 0.337 e. The fraction of sp³-hybridized carbons (Fsp3) is 0.0909. The van der Waals surface area contributed by atoms with Crippen molar-refractivity contribution >= 4 is 21.7 Å². The van der Waals surface area contributed by atoms with Crippen LogP contribution < -0.4 is 4.72 Å². The number of hydrogen-bond donors (Lipinski definition) is 1. The van der Waals surface area contributed by atoms with Crippen LogP contribution in [0.1, 0.15) is 21.8 Å². The van der Waals surface area contributed by atoms with Gasteiger partial charge in [-0.2, -0.15) is 4.98 Å². The second kappa shape index (κ2) is 8.98. The molecule has 0 aliphatic heterocycles. The molecule has 1 N–H and O–H groups in total. The monoisotopic (exact) mass is 450 g/mol. The zero-order chi connectivity index (χ0) is 22.6.